The van der Waals surface area contributed by atoms with Gasteiger partial charge in [-0.1, -0.05) is 0 Å². The highest BCUT2D eigenvalue weighted by Gasteiger charge is 2.26. The van der Waals surface area contributed by atoms with Crippen LogP contribution in [0.3, 0.4) is 0 Å². The van der Waals surface area contributed by atoms with Crippen LogP contribution in [0.15, 0.2) is 16.7 Å². The van der Waals surface area contributed by atoms with Crippen LogP contribution in [-0.4, -0.2) is 11.8 Å². The van der Waals surface area contributed by atoms with Crippen molar-refractivity contribution in [2.45, 2.75) is 19.3 Å². The van der Waals surface area contributed by atoms with E-state index in [4.69, 9.17) is 21.8 Å². The molecule has 0 fully saturated rings. The van der Waals surface area contributed by atoms with Gasteiger partial charge >= 0.3 is 0 Å². The minimum Gasteiger partial charge on any atom is -0.452 e. The number of anilines is 1. The molecule has 0 aliphatic heterocycles. The molecule has 0 saturated carbocycles. The van der Waals surface area contributed by atoms with Crippen LogP contribution in [0.1, 0.15) is 37.6 Å². The molecule has 2 heterocycles. The fraction of sp³-hybridized carbons (Fsp3) is 0.231. The Morgan fingerprint density at radius 3 is 2.85 bits per heavy atom. The van der Waals surface area contributed by atoms with Crippen molar-refractivity contribution in [3.8, 4) is 0 Å². The zero-order chi connectivity index (χ0) is 14.3. The third kappa shape index (κ3) is 2.10. The second-order valence-corrected chi connectivity index (χ2v) is 5.94. The summed E-state index contributed by atoms with van der Waals surface area (Å²) in [6, 6.07) is 1.48. The third-order valence-electron chi connectivity index (χ3n) is 3.26. The van der Waals surface area contributed by atoms with Gasteiger partial charge in [0.15, 0.2) is 0 Å². The van der Waals surface area contributed by atoms with Crippen molar-refractivity contribution in [2.24, 2.45) is 5.73 Å². The Hall–Kier alpha value is -1.79. The van der Waals surface area contributed by atoms with Crippen molar-refractivity contribution in [1.29, 1.82) is 0 Å². The molecule has 0 saturated heterocycles. The Labute approximate surface area is 123 Å². The molecule has 3 rings (SSSR count). The fourth-order valence-electron chi connectivity index (χ4n) is 2.38. The van der Waals surface area contributed by atoms with Crippen LogP contribution >= 0.6 is 22.9 Å². The predicted octanol–water partition coefficient (Wildman–Crippen LogP) is 2.83. The lowest BCUT2D eigenvalue weighted by atomic mass is 10.1. The molecule has 0 unspecified atom stereocenters. The van der Waals surface area contributed by atoms with Gasteiger partial charge in [0.25, 0.3) is 11.8 Å². The molecule has 5 nitrogen and oxygen atoms in total. The molecule has 0 atom stereocenters. The van der Waals surface area contributed by atoms with E-state index in [9.17, 15) is 9.59 Å². The second-order valence-electron chi connectivity index (χ2n) is 4.49. The van der Waals surface area contributed by atoms with Gasteiger partial charge < -0.3 is 15.5 Å². The van der Waals surface area contributed by atoms with E-state index in [-0.39, 0.29) is 10.8 Å². The number of nitrogens with two attached hydrogens (primary N) is 1. The van der Waals surface area contributed by atoms with Crippen molar-refractivity contribution in [2.75, 3.05) is 5.32 Å². The first-order chi connectivity index (χ1) is 9.58. The Morgan fingerprint density at radius 2 is 2.20 bits per heavy atom. The van der Waals surface area contributed by atoms with Crippen molar-refractivity contribution < 1.29 is 14.0 Å². The summed E-state index contributed by atoms with van der Waals surface area (Å²) >= 11 is 7.16. The molecule has 2 aromatic rings. The maximum absolute atomic E-state index is 12.1. The van der Waals surface area contributed by atoms with Crippen LogP contribution in [0.25, 0.3) is 0 Å². The minimum atomic E-state index is -0.516. The normalized spacial score (nSPS) is 13.2. The van der Waals surface area contributed by atoms with Gasteiger partial charge in [-0.05, 0) is 42.5 Å². The summed E-state index contributed by atoms with van der Waals surface area (Å²) in [4.78, 5) is 24.8. The Kier molecular flexibility index (Phi) is 3.27. The summed E-state index contributed by atoms with van der Waals surface area (Å²) in [6.45, 7) is 0. The monoisotopic (exact) mass is 310 g/mol. The molecular weight excluding hydrogens is 300 g/mol. The van der Waals surface area contributed by atoms with Gasteiger partial charge in [0, 0.05) is 4.88 Å². The van der Waals surface area contributed by atoms with Gasteiger partial charge in [-0.25, -0.2) is 0 Å². The molecular formula is C13H11ClN2O3S. The number of rotatable bonds is 3. The van der Waals surface area contributed by atoms with Crippen LogP contribution in [0.4, 0.5) is 5.00 Å². The predicted molar refractivity (Wildman–Crippen MR) is 76.5 cm³/mol. The lowest BCUT2D eigenvalue weighted by molar-refractivity contribution is 0.100. The molecule has 0 bridgehead atoms. The number of furan rings is 1. The zero-order valence-electron chi connectivity index (χ0n) is 10.4. The van der Waals surface area contributed by atoms with E-state index in [0.717, 1.165) is 29.7 Å². The van der Waals surface area contributed by atoms with E-state index in [0.29, 0.717) is 10.6 Å². The molecule has 2 amide bonds. The summed E-state index contributed by atoms with van der Waals surface area (Å²) in [5.41, 5.74) is 7.06. The standard InChI is InChI=1S/C13H11ClN2O3S/c14-10-7(4-5-19-10)12(18)16-13-9(11(15)17)6-2-1-3-8(6)20-13/h4-5H,1-3H2,(H2,15,17)(H,16,18). The average Bonchev–Trinajstić information content (AvgIpc) is 3.03. The highest BCUT2D eigenvalue weighted by atomic mass is 35.5. The van der Waals surface area contributed by atoms with Crippen LogP contribution in [0, 0.1) is 0 Å². The molecule has 1 aliphatic carbocycles. The molecule has 0 radical (unpaired) electrons. The number of thiophene rings is 1. The summed E-state index contributed by atoms with van der Waals surface area (Å²) in [7, 11) is 0. The Balaban J connectivity index is 1.94. The summed E-state index contributed by atoms with van der Waals surface area (Å²) in [6.07, 6.45) is 4.10. The van der Waals surface area contributed by atoms with Gasteiger partial charge in [-0.2, -0.15) is 0 Å². The number of aryl methyl sites for hydroxylation is 1. The zero-order valence-corrected chi connectivity index (χ0v) is 11.9. The lowest BCUT2D eigenvalue weighted by Gasteiger charge is -2.04. The molecule has 1 aliphatic rings. The van der Waals surface area contributed by atoms with E-state index in [2.05, 4.69) is 5.32 Å². The minimum absolute atomic E-state index is 0.0206. The number of primary amides is 1. The molecule has 7 heteroatoms. The molecule has 0 aromatic carbocycles. The Morgan fingerprint density at radius 1 is 1.40 bits per heavy atom. The number of amides is 2. The number of carbonyl (C=O) groups excluding carboxylic acids is 2. The third-order valence-corrected chi connectivity index (χ3v) is 4.76. The summed E-state index contributed by atoms with van der Waals surface area (Å²) in [5.74, 6) is -0.927. The van der Waals surface area contributed by atoms with Crippen LogP contribution in [0.2, 0.25) is 5.22 Å². The van der Waals surface area contributed by atoms with Crippen molar-refractivity contribution >= 4 is 39.8 Å². The van der Waals surface area contributed by atoms with Gasteiger partial charge in [-0.15, -0.1) is 11.3 Å². The number of hydrogen-bond donors (Lipinski definition) is 2. The van der Waals surface area contributed by atoms with E-state index in [1.807, 2.05) is 0 Å². The lowest BCUT2D eigenvalue weighted by Crippen LogP contribution is -2.17. The Bertz CT molecular complexity index is 705. The maximum Gasteiger partial charge on any atom is 0.261 e. The highest BCUT2D eigenvalue weighted by Crippen LogP contribution is 2.39. The first kappa shape index (κ1) is 13.2. The number of nitrogens with one attached hydrogen (secondary N) is 1. The first-order valence-corrected chi connectivity index (χ1v) is 7.26. The fourth-order valence-corrected chi connectivity index (χ4v) is 3.87. The van der Waals surface area contributed by atoms with Crippen LogP contribution in [-0.2, 0) is 12.8 Å². The molecule has 20 heavy (non-hydrogen) atoms. The van der Waals surface area contributed by atoms with Crippen molar-refractivity contribution in [3.63, 3.8) is 0 Å². The quantitative estimate of drug-likeness (QED) is 0.914. The van der Waals surface area contributed by atoms with Crippen LogP contribution < -0.4 is 11.1 Å². The van der Waals surface area contributed by atoms with E-state index < -0.39 is 11.8 Å². The van der Waals surface area contributed by atoms with E-state index in [1.54, 1.807) is 0 Å². The topological polar surface area (TPSA) is 85.3 Å². The number of halogens is 1. The van der Waals surface area contributed by atoms with Gasteiger partial charge in [0.2, 0.25) is 5.22 Å². The van der Waals surface area contributed by atoms with Crippen LogP contribution in [0.5, 0.6) is 0 Å². The molecule has 0 spiro atoms. The number of hydrogen-bond acceptors (Lipinski definition) is 4. The molecule has 104 valence electrons. The van der Waals surface area contributed by atoms with Gasteiger partial charge in [-0.3, -0.25) is 9.59 Å². The van der Waals surface area contributed by atoms with E-state index >= 15 is 0 Å². The van der Waals surface area contributed by atoms with Gasteiger partial charge in [0.05, 0.1) is 17.4 Å². The number of carbonyl (C=O) groups is 2. The van der Waals surface area contributed by atoms with Gasteiger partial charge in [0.1, 0.15) is 5.00 Å². The van der Waals surface area contributed by atoms with Crippen molar-refractivity contribution in [3.05, 3.63) is 39.1 Å². The maximum atomic E-state index is 12.1. The summed E-state index contributed by atoms with van der Waals surface area (Å²) < 4.78 is 4.88. The second kappa shape index (κ2) is 4.96. The van der Waals surface area contributed by atoms with Crippen molar-refractivity contribution in [1.82, 2.24) is 0 Å². The first-order valence-electron chi connectivity index (χ1n) is 6.06. The van der Waals surface area contributed by atoms with E-state index in [1.165, 1.54) is 23.7 Å². The highest BCUT2D eigenvalue weighted by molar-refractivity contribution is 7.17. The number of fused-ring (bicyclic) bond motifs is 1. The molecule has 2 aromatic heterocycles. The SMILES string of the molecule is NC(=O)c1c(NC(=O)c2ccoc2Cl)sc2c1CCC2. The summed E-state index contributed by atoms with van der Waals surface area (Å²) in [5, 5.41) is 3.21. The smallest absolute Gasteiger partial charge is 0.261 e. The largest absolute Gasteiger partial charge is 0.452 e. The average molecular weight is 311 g/mol. The molecule has 3 N–H and O–H groups in total.